The van der Waals surface area contributed by atoms with Crippen molar-refractivity contribution in [2.24, 2.45) is 0 Å². The Balaban J connectivity index is 1.28. The standard InChI is InChI=1S/C24H19Br2N5/c25-20-9-18(10-21(26)11-20)22-2-1-16(12-28-22)14-31-8-5-23-19(15-31)13-29-24(30-23)17-3-6-27-7-4-17/h1-4,6-7,9-13H,5,8,14-15H2. The Labute approximate surface area is 197 Å². The molecule has 0 N–H and O–H groups in total. The van der Waals surface area contributed by atoms with Crippen molar-refractivity contribution >= 4 is 31.9 Å². The molecule has 154 valence electrons. The van der Waals surface area contributed by atoms with E-state index in [1.807, 2.05) is 30.6 Å². The summed E-state index contributed by atoms with van der Waals surface area (Å²) in [5.41, 5.74) is 6.60. The van der Waals surface area contributed by atoms with Crippen LogP contribution >= 0.6 is 31.9 Å². The average Bonchev–Trinajstić information content (AvgIpc) is 2.79. The molecule has 0 bridgehead atoms. The lowest BCUT2D eigenvalue weighted by Crippen LogP contribution is -2.31. The summed E-state index contributed by atoms with van der Waals surface area (Å²) in [4.78, 5) is 20.6. The molecule has 1 aromatic carbocycles. The first-order valence-corrected chi connectivity index (χ1v) is 11.6. The van der Waals surface area contributed by atoms with Gasteiger partial charge < -0.3 is 0 Å². The van der Waals surface area contributed by atoms with Crippen LogP contribution in [0.3, 0.4) is 0 Å². The van der Waals surface area contributed by atoms with Gasteiger partial charge in [0.25, 0.3) is 0 Å². The molecule has 1 aliphatic rings. The zero-order chi connectivity index (χ0) is 21.2. The molecular formula is C24H19Br2N5. The minimum atomic E-state index is 0.772. The molecule has 0 saturated carbocycles. The van der Waals surface area contributed by atoms with Gasteiger partial charge in [0.1, 0.15) is 0 Å². The fraction of sp³-hybridized carbons (Fsp3) is 0.167. The first-order chi connectivity index (χ1) is 15.1. The number of benzene rings is 1. The van der Waals surface area contributed by atoms with Gasteiger partial charge >= 0.3 is 0 Å². The highest BCUT2D eigenvalue weighted by Gasteiger charge is 2.19. The molecule has 0 spiro atoms. The van der Waals surface area contributed by atoms with Gasteiger partial charge in [-0.05, 0) is 42.0 Å². The molecule has 0 aliphatic carbocycles. The van der Waals surface area contributed by atoms with Crippen LogP contribution in [0.15, 0.2) is 76.2 Å². The zero-order valence-electron chi connectivity index (χ0n) is 16.7. The number of nitrogens with zero attached hydrogens (tertiary/aromatic N) is 5. The Hall–Kier alpha value is -2.48. The van der Waals surface area contributed by atoms with Gasteiger partial charge in [0.2, 0.25) is 0 Å². The molecular weight excluding hydrogens is 518 g/mol. The van der Waals surface area contributed by atoms with Crippen molar-refractivity contribution in [2.75, 3.05) is 6.54 Å². The van der Waals surface area contributed by atoms with Crippen LogP contribution in [-0.2, 0) is 19.5 Å². The number of fused-ring (bicyclic) bond motifs is 1. The molecule has 0 atom stereocenters. The second kappa shape index (κ2) is 8.94. The maximum atomic E-state index is 4.80. The van der Waals surface area contributed by atoms with Crippen molar-refractivity contribution in [3.63, 3.8) is 0 Å². The summed E-state index contributed by atoms with van der Waals surface area (Å²) >= 11 is 7.09. The first kappa shape index (κ1) is 20.4. The van der Waals surface area contributed by atoms with Crippen LogP contribution in [0.1, 0.15) is 16.8 Å². The summed E-state index contributed by atoms with van der Waals surface area (Å²) in [5.74, 6) is 0.772. The highest BCUT2D eigenvalue weighted by atomic mass is 79.9. The molecule has 0 radical (unpaired) electrons. The van der Waals surface area contributed by atoms with E-state index in [1.54, 1.807) is 12.4 Å². The number of halogens is 2. The second-order valence-electron chi connectivity index (χ2n) is 7.57. The Morgan fingerprint density at radius 3 is 2.42 bits per heavy atom. The normalized spacial score (nSPS) is 13.7. The maximum absolute atomic E-state index is 4.80. The molecule has 5 nitrogen and oxygen atoms in total. The largest absolute Gasteiger partial charge is 0.294 e. The van der Waals surface area contributed by atoms with E-state index in [0.29, 0.717) is 0 Å². The number of pyridine rings is 2. The van der Waals surface area contributed by atoms with Crippen LogP contribution in [0.2, 0.25) is 0 Å². The maximum Gasteiger partial charge on any atom is 0.159 e. The predicted octanol–water partition coefficient (Wildman–Crippen LogP) is 5.68. The second-order valence-corrected chi connectivity index (χ2v) is 9.40. The Kier molecular flexibility index (Phi) is 5.89. The Morgan fingerprint density at radius 2 is 1.68 bits per heavy atom. The predicted molar refractivity (Wildman–Crippen MR) is 128 cm³/mol. The summed E-state index contributed by atoms with van der Waals surface area (Å²) in [5, 5.41) is 0. The minimum absolute atomic E-state index is 0.772. The lowest BCUT2D eigenvalue weighted by atomic mass is 10.1. The third-order valence-electron chi connectivity index (χ3n) is 5.34. The van der Waals surface area contributed by atoms with Crippen LogP contribution in [0.5, 0.6) is 0 Å². The van der Waals surface area contributed by atoms with Gasteiger partial charge in [0.15, 0.2) is 5.82 Å². The highest BCUT2D eigenvalue weighted by molar-refractivity contribution is 9.11. The van der Waals surface area contributed by atoms with E-state index < -0.39 is 0 Å². The van der Waals surface area contributed by atoms with E-state index in [0.717, 1.165) is 63.3 Å². The van der Waals surface area contributed by atoms with Gasteiger partial charge in [0, 0.05) is 76.5 Å². The summed E-state index contributed by atoms with van der Waals surface area (Å²) in [6.45, 7) is 2.69. The molecule has 31 heavy (non-hydrogen) atoms. The lowest BCUT2D eigenvalue weighted by molar-refractivity contribution is 0.242. The SMILES string of the molecule is Brc1cc(Br)cc(-c2ccc(CN3CCc4nc(-c5ccncc5)ncc4C3)cn2)c1. The highest BCUT2D eigenvalue weighted by Crippen LogP contribution is 2.27. The van der Waals surface area contributed by atoms with Crippen molar-refractivity contribution in [1.82, 2.24) is 24.8 Å². The topological polar surface area (TPSA) is 54.8 Å². The lowest BCUT2D eigenvalue weighted by Gasteiger charge is -2.28. The number of rotatable bonds is 4. The third-order valence-corrected chi connectivity index (χ3v) is 6.26. The average molecular weight is 537 g/mol. The molecule has 7 heteroatoms. The summed E-state index contributed by atoms with van der Waals surface area (Å²) < 4.78 is 2.06. The summed E-state index contributed by atoms with van der Waals surface area (Å²) in [6, 6.07) is 14.3. The van der Waals surface area contributed by atoms with Crippen LogP contribution < -0.4 is 0 Å². The number of hydrogen-bond donors (Lipinski definition) is 0. The summed E-state index contributed by atoms with van der Waals surface area (Å²) in [7, 11) is 0. The van der Waals surface area contributed by atoms with Gasteiger partial charge in [-0.25, -0.2) is 9.97 Å². The van der Waals surface area contributed by atoms with E-state index in [9.17, 15) is 0 Å². The third kappa shape index (κ3) is 4.74. The number of aromatic nitrogens is 4. The van der Waals surface area contributed by atoms with Gasteiger partial charge in [-0.15, -0.1) is 0 Å². The first-order valence-electron chi connectivity index (χ1n) is 10.0. The van der Waals surface area contributed by atoms with Crippen LogP contribution in [-0.4, -0.2) is 31.4 Å². The quantitative estimate of drug-likeness (QED) is 0.335. The van der Waals surface area contributed by atoms with E-state index >= 15 is 0 Å². The van der Waals surface area contributed by atoms with Gasteiger partial charge in [-0.3, -0.25) is 14.9 Å². The van der Waals surface area contributed by atoms with Crippen molar-refractivity contribution < 1.29 is 0 Å². The fourth-order valence-corrected chi connectivity index (χ4v) is 5.09. The van der Waals surface area contributed by atoms with Gasteiger partial charge in [-0.2, -0.15) is 0 Å². The molecule has 4 heterocycles. The fourth-order valence-electron chi connectivity index (χ4n) is 3.80. The molecule has 0 unspecified atom stereocenters. The van der Waals surface area contributed by atoms with Crippen molar-refractivity contribution in [3.05, 3.63) is 93.0 Å². The van der Waals surface area contributed by atoms with E-state index in [1.165, 1.54) is 11.1 Å². The molecule has 4 aromatic rings. The van der Waals surface area contributed by atoms with Crippen LogP contribution in [0.25, 0.3) is 22.6 Å². The molecule has 5 rings (SSSR count). The van der Waals surface area contributed by atoms with Crippen LogP contribution in [0, 0.1) is 0 Å². The van der Waals surface area contributed by atoms with Crippen molar-refractivity contribution in [1.29, 1.82) is 0 Å². The van der Waals surface area contributed by atoms with Gasteiger partial charge in [-0.1, -0.05) is 37.9 Å². The Bertz CT molecular complexity index is 1190. The monoisotopic (exact) mass is 535 g/mol. The van der Waals surface area contributed by atoms with Gasteiger partial charge in [0.05, 0.1) is 11.4 Å². The van der Waals surface area contributed by atoms with E-state index in [4.69, 9.17) is 4.98 Å². The smallest absolute Gasteiger partial charge is 0.159 e. The van der Waals surface area contributed by atoms with Crippen LogP contribution in [0.4, 0.5) is 0 Å². The molecule has 0 saturated heterocycles. The van der Waals surface area contributed by atoms with E-state index in [2.05, 4.69) is 76.0 Å². The number of hydrogen-bond acceptors (Lipinski definition) is 5. The molecule has 1 aliphatic heterocycles. The van der Waals surface area contributed by atoms with Crippen molar-refractivity contribution in [3.8, 4) is 22.6 Å². The van der Waals surface area contributed by atoms with E-state index in [-0.39, 0.29) is 0 Å². The zero-order valence-corrected chi connectivity index (χ0v) is 19.8. The molecule has 0 amide bonds. The minimum Gasteiger partial charge on any atom is -0.294 e. The molecule has 3 aromatic heterocycles. The van der Waals surface area contributed by atoms with Crippen molar-refractivity contribution in [2.45, 2.75) is 19.5 Å². The summed E-state index contributed by atoms with van der Waals surface area (Å²) in [6.07, 6.45) is 8.41. The Morgan fingerprint density at radius 1 is 0.871 bits per heavy atom. The molecule has 0 fully saturated rings.